The highest BCUT2D eigenvalue weighted by atomic mass is 15.2. The highest BCUT2D eigenvalue weighted by molar-refractivity contribution is 5.75. The maximum absolute atomic E-state index is 4.86. The van der Waals surface area contributed by atoms with E-state index in [0.717, 1.165) is 31.6 Å². The van der Waals surface area contributed by atoms with Gasteiger partial charge in [-0.2, -0.15) is 0 Å². The number of hydrogen-bond acceptors (Lipinski definition) is 3. The van der Waals surface area contributed by atoms with Crippen molar-refractivity contribution in [2.75, 3.05) is 26.7 Å². The number of fused-ring (bicyclic) bond motifs is 1. The zero-order valence-electron chi connectivity index (χ0n) is 16.5. The zero-order valence-corrected chi connectivity index (χ0v) is 16.5. The molecule has 1 saturated heterocycles. The van der Waals surface area contributed by atoms with Gasteiger partial charge in [0.15, 0.2) is 0 Å². The maximum Gasteiger partial charge on any atom is 0.123 e. The minimum absolute atomic E-state index is 0.636. The Morgan fingerprint density at radius 3 is 2.67 bits per heavy atom. The molecule has 0 saturated carbocycles. The summed E-state index contributed by atoms with van der Waals surface area (Å²) in [6.07, 6.45) is 3.69. The van der Waals surface area contributed by atoms with Crippen molar-refractivity contribution in [2.24, 2.45) is 7.05 Å². The fourth-order valence-corrected chi connectivity index (χ4v) is 4.20. The lowest BCUT2D eigenvalue weighted by atomic mass is 10.0. The number of hydrogen-bond donors (Lipinski definition) is 0. The molecule has 0 amide bonds. The number of piperidine rings is 1. The second-order valence-electron chi connectivity index (χ2n) is 7.82. The summed E-state index contributed by atoms with van der Waals surface area (Å²) in [5, 5.41) is 0. The summed E-state index contributed by atoms with van der Waals surface area (Å²) in [6, 6.07) is 19.9. The molecule has 4 rings (SSSR count). The van der Waals surface area contributed by atoms with Crippen molar-refractivity contribution in [3.63, 3.8) is 0 Å². The fourth-order valence-electron chi connectivity index (χ4n) is 4.20. The van der Waals surface area contributed by atoms with Gasteiger partial charge >= 0.3 is 0 Å². The molecule has 4 heteroatoms. The molecule has 0 aliphatic carbocycles. The normalized spacial score (nSPS) is 18.4. The molecule has 27 heavy (non-hydrogen) atoms. The second kappa shape index (κ2) is 8.24. The molecule has 1 fully saturated rings. The predicted molar refractivity (Wildman–Crippen MR) is 112 cm³/mol. The van der Waals surface area contributed by atoms with E-state index in [4.69, 9.17) is 4.98 Å². The third kappa shape index (κ3) is 4.23. The first-order chi connectivity index (χ1) is 13.2. The van der Waals surface area contributed by atoms with Crippen LogP contribution < -0.4 is 0 Å². The minimum atomic E-state index is 0.636. The number of aromatic nitrogens is 2. The van der Waals surface area contributed by atoms with Gasteiger partial charge in [0.1, 0.15) is 5.82 Å². The minimum Gasteiger partial charge on any atom is -0.330 e. The highest BCUT2D eigenvalue weighted by Gasteiger charge is 2.24. The first kappa shape index (κ1) is 18.2. The Morgan fingerprint density at radius 2 is 1.85 bits per heavy atom. The first-order valence-electron chi connectivity index (χ1n) is 10.1. The van der Waals surface area contributed by atoms with Crippen molar-refractivity contribution in [1.82, 2.24) is 19.4 Å². The van der Waals surface area contributed by atoms with Crippen LogP contribution in [0.15, 0.2) is 54.6 Å². The van der Waals surface area contributed by atoms with Gasteiger partial charge in [-0.25, -0.2) is 4.98 Å². The number of likely N-dealkylation sites (N-methyl/N-ethyl adjacent to an activating group) is 1. The number of nitrogens with zero attached hydrogens (tertiary/aromatic N) is 4. The molecule has 1 aromatic heterocycles. The third-order valence-corrected chi connectivity index (χ3v) is 5.94. The molecule has 4 nitrogen and oxygen atoms in total. The number of rotatable bonds is 6. The van der Waals surface area contributed by atoms with E-state index in [1.54, 1.807) is 0 Å². The van der Waals surface area contributed by atoms with E-state index in [1.165, 1.54) is 36.3 Å². The van der Waals surface area contributed by atoms with Crippen molar-refractivity contribution in [1.29, 1.82) is 0 Å². The molecule has 1 aliphatic rings. The lowest BCUT2D eigenvalue weighted by molar-refractivity contribution is 0.110. The van der Waals surface area contributed by atoms with Gasteiger partial charge in [0.05, 0.1) is 17.6 Å². The average molecular weight is 363 g/mol. The molecule has 1 aliphatic heterocycles. The van der Waals surface area contributed by atoms with Crippen molar-refractivity contribution in [3.05, 3.63) is 66.0 Å². The van der Waals surface area contributed by atoms with Gasteiger partial charge in [-0.05, 0) is 50.6 Å². The Hall–Kier alpha value is -2.17. The monoisotopic (exact) mass is 362 g/mol. The van der Waals surface area contributed by atoms with Gasteiger partial charge in [-0.1, -0.05) is 42.5 Å². The number of imidazole rings is 1. The Kier molecular flexibility index (Phi) is 5.55. The molecule has 0 unspecified atom stereocenters. The van der Waals surface area contributed by atoms with Crippen LogP contribution in [0.1, 0.15) is 24.2 Å². The number of aryl methyl sites for hydroxylation is 1. The summed E-state index contributed by atoms with van der Waals surface area (Å²) in [5.74, 6) is 1.17. The highest BCUT2D eigenvalue weighted by Crippen LogP contribution is 2.20. The molecule has 142 valence electrons. The van der Waals surface area contributed by atoms with Gasteiger partial charge in [0.25, 0.3) is 0 Å². The van der Waals surface area contributed by atoms with Gasteiger partial charge < -0.3 is 9.47 Å². The van der Waals surface area contributed by atoms with Crippen LogP contribution in [-0.2, 0) is 20.0 Å². The summed E-state index contributed by atoms with van der Waals surface area (Å²) in [4.78, 5) is 9.99. The molecule has 2 aromatic carbocycles. The maximum atomic E-state index is 4.86. The summed E-state index contributed by atoms with van der Waals surface area (Å²) in [5.41, 5.74) is 3.75. The first-order valence-corrected chi connectivity index (χ1v) is 10.1. The number of para-hydroxylation sites is 2. The van der Waals surface area contributed by atoms with Crippen molar-refractivity contribution in [2.45, 2.75) is 31.8 Å². The van der Waals surface area contributed by atoms with Crippen LogP contribution in [-0.4, -0.2) is 52.1 Å². The molecule has 1 atom stereocenters. The van der Waals surface area contributed by atoms with Crippen LogP contribution in [0.3, 0.4) is 0 Å². The van der Waals surface area contributed by atoms with E-state index in [0.29, 0.717) is 6.04 Å². The Morgan fingerprint density at radius 1 is 1.07 bits per heavy atom. The molecule has 0 N–H and O–H groups in total. The van der Waals surface area contributed by atoms with Gasteiger partial charge in [0, 0.05) is 26.2 Å². The predicted octanol–water partition coefficient (Wildman–Crippen LogP) is 3.71. The van der Waals surface area contributed by atoms with Crippen LogP contribution in [0.25, 0.3) is 11.0 Å². The van der Waals surface area contributed by atoms with Crippen LogP contribution in [0.4, 0.5) is 0 Å². The van der Waals surface area contributed by atoms with Crippen LogP contribution in [0.2, 0.25) is 0 Å². The van der Waals surface area contributed by atoms with Crippen LogP contribution >= 0.6 is 0 Å². The van der Waals surface area contributed by atoms with Crippen LogP contribution in [0.5, 0.6) is 0 Å². The molecular weight excluding hydrogens is 332 g/mol. The largest absolute Gasteiger partial charge is 0.330 e. The SMILES string of the molecule is CN(CCc1ccccc1)[C@@H]1CCCN(Cc2nc3ccccc3n2C)C1. The van der Waals surface area contributed by atoms with Gasteiger partial charge in [-0.3, -0.25) is 4.90 Å². The topological polar surface area (TPSA) is 24.3 Å². The van der Waals surface area contributed by atoms with E-state index >= 15 is 0 Å². The van der Waals surface area contributed by atoms with Gasteiger partial charge in [-0.15, -0.1) is 0 Å². The Bertz CT molecular complexity index is 870. The quantitative estimate of drug-likeness (QED) is 0.668. The third-order valence-electron chi connectivity index (χ3n) is 5.94. The standard InChI is InChI=1S/C23H30N4/c1-25(16-14-19-9-4-3-5-10-19)20-11-8-15-27(17-20)18-23-24-21-12-6-7-13-22(21)26(23)2/h3-7,9-10,12-13,20H,8,11,14-18H2,1-2H3/t20-/m1/s1. The molecule has 0 bridgehead atoms. The van der Waals surface area contributed by atoms with E-state index < -0.39 is 0 Å². The molecule has 2 heterocycles. The molecule has 0 radical (unpaired) electrons. The summed E-state index contributed by atoms with van der Waals surface area (Å²) in [7, 11) is 4.42. The average Bonchev–Trinajstić information content (AvgIpc) is 3.03. The Labute approximate surface area is 162 Å². The van der Waals surface area contributed by atoms with Crippen molar-refractivity contribution in [3.8, 4) is 0 Å². The Balaban J connectivity index is 1.36. The van der Waals surface area contributed by atoms with Crippen LogP contribution in [0, 0.1) is 0 Å². The summed E-state index contributed by atoms with van der Waals surface area (Å²) >= 11 is 0. The smallest absolute Gasteiger partial charge is 0.123 e. The van der Waals surface area contributed by atoms with Gasteiger partial charge in [0.2, 0.25) is 0 Å². The summed E-state index contributed by atoms with van der Waals surface area (Å²) < 4.78 is 2.25. The molecule has 0 spiro atoms. The molecule has 3 aromatic rings. The van der Waals surface area contributed by atoms with Crippen molar-refractivity contribution < 1.29 is 0 Å². The van der Waals surface area contributed by atoms with E-state index in [-0.39, 0.29) is 0 Å². The van der Waals surface area contributed by atoms with E-state index in [2.05, 4.69) is 83.1 Å². The number of likely N-dealkylation sites (tertiary alicyclic amines) is 1. The van der Waals surface area contributed by atoms with Crippen molar-refractivity contribution >= 4 is 11.0 Å². The number of benzene rings is 2. The zero-order chi connectivity index (χ0) is 18.6. The molecular formula is C23H30N4. The van der Waals surface area contributed by atoms with E-state index in [1.807, 2.05) is 0 Å². The fraction of sp³-hybridized carbons (Fsp3) is 0.435. The lowest BCUT2D eigenvalue weighted by Crippen LogP contribution is -2.46. The second-order valence-corrected chi connectivity index (χ2v) is 7.82. The van der Waals surface area contributed by atoms with E-state index in [9.17, 15) is 0 Å². The lowest BCUT2D eigenvalue weighted by Gasteiger charge is -2.37. The summed E-state index contributed by atoms with van der Waals surface area (Å²) in [6.45, 7) is 4.36.